The van der Waals surface area contributed by atoms with Crippen molar-refractivity contribution in [1.82, 2.24) is 4.57 Å². The number of hydrogen-bond donors (Lipinski definition) is 0. The molecule has 6 rings (SSSR count). The van der Waals surface area contributed by atoms with Gasteiger partial charge in [-0.3, -0.25) is 9.36 Å². The second kappa shape index (κ2) is 11.5. The van der Waals surface area contributed by atoms with E-state index in [1.807, 2.05) is 61.5 Å². The molecule has 3 heterocycles. The Bertz CT molecular complexity index is 2020. The van der Waals surface area contributed by atoms with Crippen LogP contribution in [0.1, 0.15) is 35.4 Å². The molecule has 5 aromatic rings. The highest BCUT2D eigenvalue weighted by molar-refractivity contribution is 9.10. The number of esters is 1. The van der Waals surface area contributed by atoms with Gasteiger partial charge in [-0.2, -0.15) is 0 Å². The number of rotatable bonds is 6. The Labute approximate surface area is 252 Å². The van der Waals surface area contributed by atoms with Gasteiger partial charge in [0.1, 0.15) is 17.3 Å². The van der Waals surface area contributed by atoms with Gasteiger partial charge in [-0.1, -0.05) is 75.8 Å². The molecule has 0 saturated heterocycles. The Balaban J connectivity index is 1.55. The van der Waals surface area contributed by atoms with Crippen molar-refractivity contribution in [3.63, 3.8) is 0 Å². The number of halogens is 2. The molecule has 210 valence electrons. The van der Waals surface area contributed by atoms with Crippen LogP contribution in [0.5, 0.6) is 0 Å². The van der Waals surface area contributed by atoms with Gasteiger partial charge in [-0.25, -0.2) is 14.2 Å². The Morgan fingerprint density at radius 2 is 1.86 bits per heavy atom. The second-order valence-corrected chi connectivity index (χ2v) is 11.5. The Morgan fingerprint density at radius 3 is 2.57 bits per heavy atom. The zero-order valence-corrected chi connectivity index (χ0v) is 25.0. The summed E-state index contributed by atoms with van der Waals surface area (Å²) >= 11 is 4.79. The number of carbonyl (C=O) groups excluding carboxylic acids is 1. The van der Waals surface area contributed by atoms with E-state index < -0.39 is 17.8 Å². The summed E-state index contributed by atoms with van der Waals surface area (Å²) in [5, 5.41) is 0. The summed E-state index contributed by atoms with van der Waals surface area (Å²) in [6, 6.07) is 23.8. The number of benzene rings is 3. The molecular formula is C33H24BrFN2O4S. The monoisotopic (exact) mass is 642 g/mol. The third kappa shape index (κ3) is 5.21. The quantitative estimate of drug-likeness (QED) is 0.201. The lowest BCUT2D eigenvalue weighted by atomic mass is 9.93. The van der Waals surface area contributed by atoms with Gasteiger partial charge in [0.25, 0.3) is 5.56 Å². The number of aryl methyl sites for hydroxylation is 1. The molecule has 1 aliphatic rings. The molecule has 0 spiro atoms. The topological polar surface area (TPSA) is 73.8 Å². The Kier molecular flexibility index (Phi) is 7.62. The zero-order valence-electron chi connectivity index (χ0n) is 22.6. The van der Waals surface area contributed by atoms with Crippen LogP contribution < -0.4 is 14.9 Å². The minimum Gasteiger partial charge on any atom is -0.463 e. The number of nitrogens with zero attached hydrogens (tertiary/aromatic N) is 2. The van der Waals surface area contributed by atoms with Gasteiger partial charge in [0.05, 0.1) is 28.5 Å². The summed E-state index contributed by atoms with van der Waals surface area (Å²) in [6.07, 6.45) is 1.67. The number of carbonyl (C=O) groups is 1. The zero-order chi connectivity index (χ0) is 29.4. The smallest absolute Gasteiger partial charge is 0.338 e. The first-order chi connectivity index (χ1) is 20.3. The van der Waals surface area contributed by atoms with E-state index >= 15 is 0 Å². The molecule has 0 radical (unpaired) electrons. The molecule has 1 aliphatic heterocycles. The molecule has 6 nitrogen and oxygen atoms in total. The maximum atomic E-state index is 14.0. The number of fused-ring (bicyclic) bond motifs is 1. The maximum Gasteiger partial charge on any atom is 0.338 e. The van der Waals surface area contributed by atoms with Crippen molar-refractivity contribution < 1.29 is 18.3 Å². The third-order valence-corrected chi connectivity index (χ3v) is 8.49. The van der Waals surface area contributed by atoms with E-state index in [2.05, 4.69) is 15.9 Å². The number of thiazole rings is 1. The fourth-order valence-corrected chi connectivity index (χ4v) is 6.59. The molecule has 0 N–H and O–H groups in total. The SMILES string of the molecule is CCOC(=O)C1=C(c2ccccc2)N=c2sc(=Cc3ccc(-c4ccc(C)cc4Br)o3)c(=O)n2[C@@H]1c1ccc(F)cc1. The average molecular weight is 644 g/mol. The number of aromatic nitrogens is 1. The van der Waals surface area contributed by atoms with Gasteiger partial charge >= 0.3 is 5.97 Å². The van der Waals surface area contributed by atoms with Crippen LogP contribution in [0.4, 0.5) is 4.39 Å². The molecule has 0 amide bonds. The van der Waals surface area contributed by atoms with E-state index in [1.54, 1.807) is 31.2 Å². The largest absolute Gasteiger partial charge is 0.463 e. The van der Waals surface area contributed by atoms with Crippen LogP contribution in [0.25, 0.3) is 23.1 Å². The molecule has 9 heteroatoms. The van der Waals surface area contributed by atoms with Gasteiger partial charge in [0.2, 0.25) is 0 Å². The Morgan fingerprint density at radius 1 is 1.10 bits per heavy atom. The number of furan rings is 1. The van der Waals surface area contributed by atoms with Crippen LogP contribution in [0.2, 0.25) is 0 Å². The predicted molar refractivity (Wildman–Crippen MR) is 164 cm³/mol. The van der Waals surface area contributed by atoms with Crippen LogP contribution in [0, 0.1) is 12.7 Å². The lowest BCUT2D eigenvalue weighted by Gasteiger charge is -2.25. The van der Waals surface area contributed by atoms with Crippen molar-refractivity contribution in [3.05, 3.63) is 143 Å². The predicted octanol–water partition coefficient (Wildman–Crippen LogP) is 6.41. The molecule has 42 heavy (non-hydrogen) atoms. The molecule has 2 aromatic heterocycles. The van der Waals surface area contributed by atoms with Crippen molar-refractivity contribution in [2.75, 3.05) is 6.61 Å². The van der Waals surface area contributed by atoms with Gasteiger partial charge in [-0.05, 0) is 61.4 Å². The highest BCUT2D eigenvalue weighted by Gasteiger charge is 2.35. The fourth-order valence-electron chi connectivity index (χ4n) is 4.93. The molecule has 0 fully saturated rings. The maximum absolute atomic E-state index is 14.0. The second-order valence-electron chi connectivity index (χ2n) is 9.67. The summed E-state index contributed by atoms with van der Waals surface area (Å²) in [7, 11) is 0. The van der Waals surface area contributed by atoms with Crippen LogP contribution in [0.15, 0.2) is 109 Å². The summed E-state index contributed by atoms with van der Waals surface area (Å²) in [6.45, 7) is 3.87. The van der Waals surface area contributed by atoms with E-state index in [0.29, 0.717) is 37.7 Å². The van der Waals surface area contributed by atoms with Crippen LogP contribution in [-0.2, 0) is 9.53 Å². The summed E-state index contributed by atoms with van der Waals surface area (Å²) in [5.74, 6) is 0.128. The van der Waals surface area contributed by atoms with E-state index in [-0.39, 0.29) is 17.7 Å². The molecule has 3 aromatic carbocycles. The minimum absolute atomic E-state index is 0.142. The highest BCUT2D eigenvalue weighted by Crippen LogP contribution is 2.35. The van der Waals surface area contributed by atoms with Gasteiger partial charge < -0.3 is 9.15 Å². The molecule has 0 saturated carbocycles. The van der Waals surface area contributed by atoms with E-state index in [9.17, 15) is 14.0 Å². The Hall–Kier alpha value is -4.34. The van der Waals surface area contributed by atoms with Crippen molar-refractivity contribution in [1.29, 1.82) is 0 Å². The van der Waals surface area contributed by atoms with Gasteiger partial charge in [0, 0.05) is 21.7 Å². The highest BCUT2D eigenvalue weighted by atomic mass is 79.9. The normalized spacial score (nSPS) is 15.0. The van der Waals surface area contributed by atoms with Crippen molar-refractivity contribution in [2.45, 2.75) is 19.9 Å². The lowest BCUT2D eigenvalue weighted by Crippen LogP contribution is -2.40. The van der Waals surface area contributed by atoms with Crippen LogP contribution >= 0.6 is 27.3 Å². The van der Waals surface area contributed by atoms with E-state index in [4.69, 9.17) is 14.1 Å². The first kappa shape index (κ1) is 27.8. The molecule has 0 aliphatic carbocycles. The van der Waals surface area contributed by atoms with Gasteiger partial charge in [-0.15, -0.1) is 0 Å². The first-order valence-electron chi connectivity index (χ1n) is 13.2. The lowest BCUT2D eigenvalue weighted by molar-refractivity contribution is -0.138. The van der Waals surface area contributed by atoms with Crippen LogP contribution in [0.3, 0.4) is 0 Å². The summed E-state index contributed by atoms with van der Waals surface area (Å²) in [4.78, 5) is 32.7. The molecule has 1 atom stereocenters. The fraction of sp³-hybridized carbons (Fsp3) is 0.121. The third-order valence-electron chi connectivity index (χ3n) is 6.85. The molecule has 0 unspecified atom stereocenters. The van der Waals surface area contributed by atoms with Crippen molar-refractivity contribution in [3.8, 4) is 11.3 Å². The first-order valence-corrected chi connectivity index (χ1v) is 14.9. The van der Waals surface area contributed by atoms with Crippen LogP contribution in [-0.4, -0.2) is 17.1 Å². The summed E-state index contributed by atoms with van der Waals surface area (Å²) < 4.78 is 28.3. The standard InChI is InChI=1S/C33H24BrFN2O4S/c1-3-40-32(39)28-29(20-7-5-4-6-8-20)36-33-37(30(28)21-10-12-22(35)13-11-21)31(38)27(42-33)18-23-14-16-26(41-23)24-15-9-19(2)17-25(24)34/h4-18,30H,3H2,1-2H3/t30-/m1/s1. The molecule has 0 bridgehead atoms. The number of hydrogen-bond acceptors (Lipinski definition) is 6. The van der Waals surface area contributed by atoms with Crippen molar-refractivity contribution in [2.24, 2.45) is 4.99 Å². The van der Waals surface area contributed by atoms with Gasteiger partial charge in [0.15, 0.2) is 4.80 Å². The molecular weight excluding hydrogens is 619 g/mol. The van der Waals surface area contributed by atoms with E-state index in [1.165, 1.54) is 28.0 Å². The van der Waals surface area contributed by atoms with Crippen molar-refractivity contribution >= 4 is 45.0 Å². The minimum atomic E-state index is -0.881. The number of ether oxygens (including phenoxy) is 1. The summed E-state index contributed by atoms with van der Waals surface area (Å²) in [5.41, 5.74) is 3.52. The van der Waals surface area contributed by atoms with E-state index in [0.717, 1.165) is 15.6 Å². The average Bonchev–Trinajstić information content (AvgIpc) is 3.57.